The summed E-state index contributed by atoms with van der Waals surface area (Å²) < 4.78 is 0. The molecule has 2 aromatic rings. The average Bonchev–Trinajstić information content (AvgIpc) is 2.98. The number of hydrogen-bond donors (Lipinski definition) is 3. The molecule has 1 aromatic carbocycles. The Labute approximate surface area is 111 Å². The number of aromatic amines is 1. The van der Waals surface area contributed by atoms with Gasteiger partial charge in [0.15, 0.2) is 0 Å². The molecule has 98 valence electrons. The summed E-state index contributed by atoms with van der Waals surface area (Å²) in [6.07, 6.45) is 2.17. The second kappa shape index (κ2) is 4.76. The SMILES string of the molecule is Cc1cn[nH]c1NC(=O)CC1CNc2ccccc21. The fourth-order valence-corrected chi connectivity index (χ4v) is 2.43. The number of carbonyl (C=O) groups excluding carboxylic acids is 1. The molecule has 19 heavy (non-hydrogen) atoms. The molecule has 2 heterocycles. The Morgan fingerprint density at radius 3 is 3.11 bits per heavy atom. The van der Waals surface area contributed by atoms with Crippen molar-refractivity contribution in [2.45, 2.75) is 19.3 Å². The smallest absolute Gasteiger partial charge is 0.226 e. The lowest BCUT2D eigenvalue weighted by molar-refractivity contribution is -0.116. The molecule has 0 spiro atoms. The van der Waals surface area contributed by atoms with Gasteiger partial charge in [0.05, 0.1) is 6.20 Å². The van der Waals surface area contributed by atoms with Crippen molar-refractivity contribution in [1.29, 1.82) is 0 Å². The van der Waals surface area contributed by atoms with Gasteiger partial charge in [0, 0.05) is 30.1 Å². The number of nitrogens with one attached hydrogen (secondary N) is 3. The third-order valence-electron chi connectivity index (χ3n) is 3.46. The first kappa shape index (κ1) is 11.8. The lowest BCUT2D eigenvalue weighted by Crippen LogP contribution is -2.17. The number of fused-ring (bicyclic) bond motifs is 1. The van der Waals surface area contributed by atoms with Crippen molar-refractivity contribution < 1.29 is 4.79 Å². The average molecular weight is 256 g/mol. The van der Waals surface area contributed by atoms with E-state index in [2.05, 4.69) is 26.9 Å². The first-order valence-electron chi connectivity index (χ1n) is 6.36. The van der Waals surface area contributed by atoms with Crippen molar-refractivity contribution in [2.75, 3.05) is 17.2 Å². The molecule has 0 aliphatic carbocycles. The van der Waals surface area contributed by atoms with E-state index in [0.717, 1.165) is 17.8 Å². The van der Waals surface area contributed by atoms with Crippen LogP contribution in [0.4, 0.5) is 11.5 Å². The van der Waals surface area contributed by atoms with Crippen LogP contribution in [0.2, 0.25) is 0 Å². The number of amides is 1. The minimum absolute atomic E-state index is 0.0100. The van der Waals surface area contributed by atoms with E-state index in [1.54, 1.807) is 6.20 Å². The fraction of sp³-hybridized carbons (Fsp3) is 0.286. The lowest BCUT2D eigenvalue weighted by Gasteiger charge is -2.10. The van der Waals surface area contributed by atoms with Gasteiger partial charge in [0.2, 0.25) is 5.91 Å². The van der Waals surface area contributed by atoms with E-state index in [1.807, 2.05) is 25.1 Å². The van der Waals surface area contributed by atoms with Crippen molar-refractivity contribution in [2.24, 2.45) is 0 Å². The predicted molar refractivity (Wildman–Crippen MR) is 74.2 cm³/mol. The van der Waals surface area contributed by atoms with Crippen LogP contribution in [0.5, 0.6) is 0 Å². The van der Waals surface area contributed by atoms with Gasteiger partial charge < -0.3 is 10.6 Å². The Kier molecular flexibility index (Phi) is 2.95. The standard InChI is InChI=1S/C14H16N4O/c1-9-7-16-18-14(9)17-13(19)6-10-8-15-12-5-3-2-4-11(10)12/h2-5,7,10,15H,6,8H2,1H3,(H2,16,17,18,19). The fourth-order valence-electron chi connectivity index (χ4n) is 2.43. The highest BCUT2D eigenvalue weighted by Gasteiger charge is 2.24. The minimum Gasteiger partial charge on any atom is -0.384 e. The van der Waals surface area contributed by atoms with E-state index >= 15 is 0 Å². The zero-order valence-electron chi connectivity index (χ0n) is 10.7. The first-order valence-corrected chi connectivity index (χ1v) is 6.36. The van der Waals surface area contributed by atoms with Crippen LogP contribution in [0.3, 0.4) is 0 Å². The van der Waals surface area contributed by atoms with Crippen LogP contribution in [-0.2, 0) is 4.79 Å². The van der Waals surface area contributed by atoms with E-state index in [4.69, 9.17) is 0 Å². The summed E-state index contributed by atoms with van der Waals surface area (Å²) in [4.78, 5) is 12.0. The molecule has 5 nitrogen and oxygen atoms in total. The van der Waals surface area contributed by atoms with Gasteiger partial charge in [-0.3, -0.25) is 9.89 Å². The Balaban J connectivity index is 1.67. The van der Waals surface area contributed by atoms with Crippen LogP contribution in [-0.4, -0.2) is 22.6 Å². The molecular formula is C14H16N4O. The van der Waals surface area contributed by atoms with Gasteiger partial charge in [-0.1, -0.05) is 18.2 Å². The molecule has 3 N–H and O–H groups in total. The number of aromatic nitrogens is 2. The number of hydrogen-bond acceptors (Lipinski definition) is 3. The quantitative estimate of drug-likeness (QED) is 0.789. The Bertz CT molecular complexity index is 605. The van der Waals surface area contributed by atoms with Crippen LogP contribution >= 0.6 is 0 Å². The monoisotopic (exact) mass is 256 g/mol. The van der Waals surface area contributed by atoms with Crippen molar-refractivity contribution in [3.8, 4) is 0 Å². The minimum atomic E-state index is 0.0100. The maximum Gasteiger partial charge on any atom is 0.226 e. The molecule has 0 bridgehead atoms. The Hall–Kier alpha value is -2.30. The van der Waals surface area contributed by atoms with Crippen LogP contribution in [0.25, 0.3) is 0 Å². The second-order valence-electron chi connectivity index (χ2n) is 4.85. The topological polar surface area (TPSA) is 69.8 Å². The number of anilines is 2. The Morgan fingerprint density at radius 2 is 2.32 bits per heavy atom. The van der Waals surface area contributed by atoms with E-state index in [0.29, 0.717) is 12.2 Å². The van der Waals surface area contributed by atoms with E-state index < -0.39 is 0 Å². The number of carbonyl (C=O) groups is 1. The number of para-hydroxylation sites is 1. The molecule has 3 rings (SSSR count). The predicted octanol–water partition coefficient (Wildman–Crippen LogP) is 2.26. The second-order valence-corrected chi connectivity index (χ2v) is 4.85. The molecule has 0 radical (unpaired) electrons. The molecule has 1 atom stereocenters. The number of H-pyrrole nitrogens is 1. The highest BCUT2D eigenvalue weighted by Crippen LogP contribution is 2.33. The van der Waals surface area contributed by atoms with Crippen LogP contribution in [0.1, 0.15) is 23.5 Å². The summed E-state index contributed by atoms with van der Waals surface area (Å²) in [7, 11) is 0. The van der Waals surface area contributed by atoms with Gasteiger partial charge >= 0.3 is 0 Å². The maximum absolute atomic E-state index is 12.0. The van der Waals surface area contributed by atoms with Crippen molar-refractivity contribution in [1.82, 2.24) is 10.2 Å². The van der Waals surface area contributed by atoms with Gasteiger partial charge in [-0.2, -0.15) is 5.10 Å². The molecule has 0 saturated heterocycles. The highest BCUT2D eigenvalue weighted by atomic mass is 16.1. The molecule has 1 aliphatic rings. The molecular weight excluding hydrogens is 240 g/mol. The number of benzene rings is 1. The largest absolute Gasteiger partial charge is 0.384 e. The van der Waals surface area contributed by atoms with Crippen LogP contribution < -0.4 is 10.6 Å². The first-order chi connectivity index (χ1) is 9.24. The van der Waals surface area contributed by atoms with Crippen molar-refractivity contribution in [3.05, 3.63) is 41.6 Å². The van der Waals surface area contributed by atoms with Crippen molar-refractivity contribution in [3.63, 3.8) is 0 Å². The maximum atomic E-state index is 12.0. The van der Waals surface area contributed by atoms with Gasteiger partial charge in [-0.25, -0.2) is 0 Å². The molecule has 1 aliphatic heterocycles. The normalized spacial score (nSPS) is 16.8. The van der Waals surface area contributed by atoms with Gasteiger partial charge in [-0.05, 0) is 18.6 Å². The zero-order valence-corrected chi connectivity index (χ0v) is 10.7. The number of aryl methyl sites for hydroxylation is 1. The molecule has 0 saturated carbocycles. The third kappa shape index (κ3) is 2.31. The molecule has 0 fully saturated rings. The zero-order chi connectivity index (χ0) is 13.2. The summed E-state index contributed by atoms with van der Waals surface area (Å²) in [5.74, 6) is 0.930. The summed E-state index contributed by atoms with van der Waals surface area (Å²) in [5, 5.41) is 12.9. The van der Waals surface area contributed by atoms with E-state index in [1.165, 1.54) is 5.56 Å². The lowest BCUT2D eigenvalue weighted by atomic mass is 9.97. The Morgan fingerprint density at radius 1 is 1.47 bits per heavy atom. The molecule has 1 unspecified atom stereocenters. The highest BCUT2D eigenvalue weighted by molar-refractivity contribution is 5.91. The van der Waals surface area contributed by atoms with Gasteiger partial charge in [0.25, 0.3) is 0 Å². The van der Waals surface area contributed by atoms with E-state index in [-0.39, 0.29) is 11.8 Å². The number of nitrogens with zero attached hydrogens (tertiary/aromatic N) is 1. The third-order valence-corrected chi connectivity index (χ3v) is 3.46. The summed E-state index contributed by atoms with van der Waals surface area (Å²) in [5.41, 5.74) is 3.30. The molecule has 5 heteroatoms. The number of rotatable bonds is 3. The van der Waals surface area contributed by atoms with E-state index in [9.17, 15) is 4.79 Å². The van der Waals surface area contributed by atoms with Crippen molar-refractivity contribution >= 4 is 17.4 Å². The summed E-state index contributed by atoms with van der Waals surface area (Å²) in [6.45, 7) is 2.72. The molecule has 1 aromatic heterocycles. The summed E-state index contributed by atoms with van der Waals surface area (Å²) >= 11 is 0. The van der Waals surface area contributed by atoms with Crippen LogP contribution in [0, 0.1) is 6.92 Å². The van der Waals surface area contributed by atoms with Crippen LogP contribution in [0.15, 0.2) is 30.5 Å². The summed E-state index contributed by atoms with van der Waals surface area (Å²) in [6, 6.07) is 8.14. The van der Waals surface area contributed by atoms with Gasteiger partial charge in [0.1, 0.15) is 5.82 Å². The molecule has 1 amide bonds. The van der Waals surface area contributed by atoms with Gasteiger partial charge in [-0.15, -0.1) is 0 Å².